The maximum Gasteiger partial charge on any atom is 0.158 e. The summed E-state index contributed by atoms with van der Waals surface area (Å²) in [5.74, 6) is 3.91. The van der Waals surface area contributed by atoms with Crippen LogP contribution in [0.25, 0.3) is 11.3 Å². The Labute approximate surface area is 159 Å². The van der Waals surface area contributed by atoms with Crippen LogP contribution < -0.4 is 0 Å². The van der Waals surface area contributed by atoms with Crippen LogP contribution >= 0.6 is 0 Å². The normalized spacial score (nSPS) is 16.1. The van der Waals surface area contributed by atoms with Gasteiger partial charge in [0.2, 0.25) is 0 Å². The summed E-state index contributed by atoms with van der Waals surface area (Å²) in [5, 5.41) is 17.7. The molecule has 0 bridgehead atoms. The molecule has 1 N–H and O–H groups in total. The molecule has 3 aromatic rings. The van der Waals surface area contributed by atoms with E-state index in [-0.39, 0.29) is 6.61 Å². The van der Waals surface area contributed by atoms with E-state index in [4.69, 9.17) is 4.42 Å². The number of aryl methyl sites for hydroxylation is 1. The highest BCUT2D eigenvalue weighted by atomic mass is 16.3. The molecule has 27 heavy (non-hydrogen) atoms. The van der Waals surface area contributed by atoms with Gasteiger partial charge in [-0.1, -0.05) is 18.2 Å². The van der Waals surface area contributed by atoms with Crippen LogP contribution in [0.15, 0.2) is 40.8 Å². The summed E-state index contributed by atoms with van der Waals surface area (Å²) < 4.78 is 7.69. The number of aliphatic hydroxyl groups excluding tert-OH is 1. The van der Waals surface area contributed by atoms with Crippen LogP contribution in [0, 0.1) is 6.92 Å². The molecule has 0 unspecified atom stereocenters. The van der Waals surface area contributed by atoms with Crippen molar-refractivity contribution in [3.05, 3.63) is 59.4 Å². The van der Waals surface area contributed by atoms with E-state index in [0.29, 0.717) is 11.7 Å². The Kier molecular flexibility index (Phi) is 5.09. The molecule has 6 heteroatoms. The molecule has 142 valence electrons. The van der Waals surface area contributed by atoms with Gasteiger partial charge >= 0.3 is 0 Å². The number of benzene rings is 1. The fourth-order valence-electron chi connectivity index (χ4n) is 3.89. The van der Waals surface area contributed by atoms with Crippen molar-refractivity contribution in [3.8, 4) is 11.3 Å². The molecule has 6 nitrogen and oxygen atoms in total. The van der Waals surface area contributed by atoms with Crippen LogP contribution in [-0.4, -0.2) is 37.9 Å². The average Bonchev–Trinajstić information content (AvgIpc) is 3.28. The van der Waals surface area contributed by atoms with E-state index < -0.39 is 0 Å². The molecular formula is C21H26N4O2. The van der Waals surface area contributed by atoms with E-state index in [0.717, 1.165) is 55.4 Å². The lowest BCUT2D eigenvalue weighted by molar-refractivity contribution is 0.200. The van der Waals surface area contributed by atoms with E-state index in [1.54, 1.807) is 0 Å². The second-order valence-corrected chi connectivity index (χ2v) is 7.35. The number of rotatable bonds is 5. The van der Waals surface area contributed by atoms with E-state index in [1.807, 2.05) is 30.7 Å². The van der Waals surface area contributed by atoms with Gasteiger partial charge in [0, 0.05) is 25.1 Å². The number of furan rings is 1. The lowest BCUT2D eigenvalue weighted by Crippen LogP contribution is -2.33. The summed E-state index contributed by atoms with van der Waals surface area (Å²) in [5.41, 5.74) is 2.44. The summed E-state index contributed by atoms with van der Waals surface area (Å²) in [6, 6.07) is 12.6. The van der Waals surface area contributed by atoms with E-state index >= 15 is 0 Å². The van der Waals surface area contributed by atoms with Gasteiger partial charge in [0.1, 0.15) is 24.0 Å². The summed E-state index contributed by atoms with van der Waals surface area (Å²) in [4.78, 5) is 2.49. The molecule has 0 spiro atoms. The molecule has 3 heterocycles. The predicted molar refractivity (Wildman–Crippen MR) is 103 cm³/mol. The van der Waals surface area contributed by atoms with Crippen molar-refractivity contribution in [2.45, 2.75) is 38.8 Å². The van der Waals surface area contributed by atoms with Gasteiger partial charge in [-0.3, -0.25) is 4.90 Å². The largest absolute Gasteiger partial charge is 0.461 e. The second kappa shape index (κ2) is 7.66. The SMILES string of the molecule is Cc1ccc(-c2cccc(CN3CCC(c4nnc(CO)n4C)CC3)c2)o1. The Balaban J connectivity index is 1.39. The summed E-state index contributed by atoms with van der Waals surface area (Å²) in [6.07, 6.45) is 2.13. The Morgan fingerprint density at radius 2 is 1.96 bits per heavy atom. The number of nitrogens with zero attached hydrogens (tertiary/aromatic N) is 4. The number of aromatic nitrogens is 3. The van der Waals surface area contributed by atoms with Gasteiger partial charge < -0.3 is 14.1 Å². The lowest BCUT2D eigenvalue weighted by atomic mass is 9.95. The van der Waals surface area contributed by atoms with E-state index in [2.05, 4.69) is 39.4 Å². The van der Waals surface area contributed by atoms with Crippen molar-refractivity contribution in [2.75, 3.05) is 13.1 Å². The monoisotopic (exact) mass is 366 g/mol. The minimum atomic E-state index is -0.0616. The highest BCUT2D eigenvalue weighted by molar-refractivity contribution is 5.58. The Bertz CT molecular complexity index is 907. The summed E-state index contributed by atoms with van der Waals surface area (Å²) in [6.45, 7) is 4.93. The molecule has 4 rings (SSSR count). The quantitative estimate of drug-likeness (QED) is 0.751. The molecule has 1 saturated heterocycles. The van der Waals surface area contributed by atoms with Gasteiger partial charge in [-0.15, -0.1) is 10.2 Å². The van der Waals surface area contributed by atoms with Crippen LogP contribution in [0.3, 0.4) is 0 Å². The van der Waals surface area contributed by atoms with Gasteiger partial charge in [-0.2, -0.15) is 0 Å². The molecule has 1 aliphatic heterocycles. The van der Waals surface area contributed by atoms with Crippen molar-refractivity contribution >= 4 is 0 Å². The predicted octanol–water partition coefficient (Wildman–Crippen LogP) is 3.26. The van der Waals surface area contributed by atoms with Crippen LogP contribution in [0.5, 0.6) is 0 Å². The zero-order chi connectivity index (χ0) is 18.8. The Morgan fingerprint density at radius 3 is 2.63 bits per heavy atom. The van der Waals surface area contributed by atoms with Crippen molar-refractivity contribution in [1.82, 2.24) is 19.7 Å². The topological polar surface area (TPSA) is 67.3 Å². The third-order valence-corrected chi connectivity index (χ3v) is 5.45. The first kappa shape index (κ1) is 17.9. The van der Waals surface area contributed by atoms with E-state index in [1.165, 1.54) is 5.56 Å². The first-order valence-corrected chi connectivity index (χ1v) is 9.51. The molecule has 0 radical (unpaired) electrons. The molecule has 0 amide bonds. The fourth-order valence-corrected chi connectivity index (χ4v) is 3.89. The number of aliphatic hydroxyl groups is 1. The summed E-state index contributed by atoms with van der Waals surface area (Å²) >= 11 is 0. The summed E-state index contributed by atoms with van der Waals surface area (Å²) in [7, 11) is 1.94. The number of hydrogen-bond acceptors (Lipinski definition) is 5. The zero-order valence-corrected chi connectivity index (χ0v) is 15.9. The standard InChI is InChI=1S/C21H26N4O2/c1-15-6-7-19(27-15)18-5-3-4-16(12-18)13-25-10-8-17(9-11-25)21-23-22-20(14-26)24(21)2/h3-7,12,17,26H,8-11,13-14H2,1-2H3. The van der Waals surface area contributed by atoms with Crippen molar-refractivity contribution in [1.29, 1.82) is 0 Å². The first-order chi connectivity index (χ1) is 13.1. The van der Waals surface area contributed by atoms with Crippen molar-refractivity contribution < 1.29 is 9.52 Å². The van der Waals surface area contributed by atoms with Gasteiger partial charge in [-0.25, -0.2) is 0 Å². The molecule has 2 aromatic heterocycles. The van der Waals surface area contributed by atoms with Crippen LogP contribution in [0.4, 0.5) is 0 Å². The third kappa shape index (κ3) is 3.82. The van der Waals surface area contributed by atoms with Gasteiger partial charge in [-0.05, 0) is 56.6 Å². The Hall–Kier alpha value is -2.44. The molecule has 0 saturated carbocycles. The van der Waals surface area contributed by atoms with Gasteiger partial charge in [0.05, 0.1) is 0 Å². The number of piperidine rings is 1. The van der Waals surface area contributed by atoms with Crippen molar-refractivity contribution in [2.24, 2.45) is 7.05 Å². The van der Waals surface area contributed by atoms with Crippen LogP contribution in [0.2, 0.25) is 0 Å². The minimum Gasteiger partial charge on any atom is -0.461 e. The van der Waals surface area contributed by atoms with Crippen LogP contribution in [0.1, 0.15) is 41.7 Å². The highest BCUT2D eigenvalue weighted by Crippen LogP contribution is 2.28. The third-order valence-electron chi connectivity index (χ3n) is 5.45. The smallest absolute Gasteiger partial charge is 0.158 e. The number of likely N-dealkylation sites (tertiary alicyclic amines) is 1. The average molecular weight is 366 g/mol. The zero-order valence-electron chi connectivity index (χ0n) is 15.9. The maximum absolute atomic E-state index is 9.30. The van der Waals surface area contributed by atoms with Crippen LogP contribution in [-0.2, 0) is 20.2 Å². The molecule has 0 atom stereocenters. The van der Waals surface area contributed by atoms with Crippen molar-refractivity contribution in [3.63, 3.8) is 0 Å². The highest BCUT2D eigenvalue weighted by Gasteiger charge is 2.25. The fraction of sp³-hybridized carbons (Fsp3) is 0.429. The lowest BCUT2D eigenvalue weighted by Gasteiger charge is -2.31. The first-order valence-electron chi connectivity index (χ1n) is 9.51. The van der Waals surface area contributed by atoms with Gasteiger partial charge in [0.15, 0.2) is 5.82 Å². The molecule has 1 aromatic carbocycles. The van der Waals surface area contributed by atoms with Gasteiger partial charge in [0.25, 0.3) is 0 Å². The number of hydrogen-bond donors (Lipinski definition) is 1. The Morgan fingerprint density at radius 1 is 1.15 bits per heavy atom. The molecule has 1 fully saturated rings. The van der Waals surface area contributed by atoms with E-state index in [9.17, 15) is 5.11 Å². The minimum absolute atomic E-state index is 0.0616. The molecule has 1 aliphatic rings. The molecule has 0 aliphatic carbocycles. The second-order valence-electron chi connectivity index (χ2n) is 7.35. The molecular weight excluding hydrogens is 340 g/mol. The maximum atomic E-state index is 9.30.